The van der Waals surface area contributed by atoms with E-state index in [-0.39, 0.29) is 12.5 Å². The molecule has 1 aliphatic heterocycles. The Bertz CT molecular complexity index is 662. The fraction of sp³-hybridized carbons (Fsp3) is 0.571. The Hall–Kier alpha value is -1.41. The molecule has 0 aliphatic carbocycles. The minimum atomic E-state index is -0.142. The SMILES string of the molecule is Cc1nc(C)c(C(=O)NCc2nc(C3CCSCC3)no2)s1. The standard InChI is InChI=1S/C14H18N4O2S2/c1-8-12(22-9(2)16-8)14(19)15-7-11-17-13(18-20-11)10-3-5-21-6-4-10/h10H,3-7H2,1-2H3,(H,15,19). The number of rotatable bonds is 4. The van der Waals surface area contributed by atoms with E-state index in [1.165, 1.54) is 11.3 Å². The van der Waals surface area contributed by atoms with Crippen molar-refractivity contribution in [2.75, 3.05) is 11.5 Å². The molecule has 0 saturated carbocycles. The first-order valence-corrected chi connectivity index (χ1v) is 9.23. The zero-order valence-electron chi connectivity index (χ0n) is 12.6. The Labute approximate surface area is 137 Å². The van der Waals surface area contributed by atoms with Crippen LogP contribution >= 0.6 is 23.1 Å². The lowest BCUT2D eigenvalue weighted by atomic mass is 10.0. The summed E-state index contributed by atoms with van der Waals surface area (Å²) in [6.07, 6.45) is 2.19. The summed E-state index contributed by atoms with van der Waals surface area (Å²) in [5.74, 6) is 3.78. The van der Waals surface area contributed by atoms with Crippen molar-refractivity contribution >= 4 is 29.0 Å². The van der Waals surface area contributed by atoms with Crippen LogP contribution in [0.1, 0.15) is 50.8 Å². The molecule has 0 unspecified atom stereocenters. The lowest BCUT2D eigenvalue weighted by Gasteiger charge is -2.17. The molecule has 2 aromatic rings. The van der Waals surface area contributed by atoms with Gasteiger partial charge in [-0.3, -0.25) is 4.79 Å². The third kappa shape index (κ3) is 3.49. The highest BCUT2D eigenvalue weighted by Crippen LogP contribution is 2.29. The first-order valence-electron chi connectivity index (χ1n) is 7.26. The van der Waals surface area contributed by atoms with Crippen LogP contribution in [0, 0.1) is 13.8 Å². The number of thioether (sulfide) groups is 1. The third-order valence-electron chi connectivity index (χ3n) is 3.58. The molecule has 3 heterocycles. The second-order valence-electron chi connectivity index (χ2n) is 5.26. The van der Waals surface area contributed by atoms with Crippen molar-refractivity contribution in [3.05, 3.63) is 27.3 Å². The van der Waals surface area contributed by atoms with Crippen molar-refractivity contribution in [2.45, 2.75) is 39.2 Å². The average molecular weight is 338 g/mol. The molecule has 1 saturated heterocycles. The van der Waals surface area contributed by atoms with E-state index in [0.717, 1.165) is 40.9 Å². The number of nitrogens with one attached hydrogen (secondary N) is 1. The topological polar surface area (TPSA) is 80.9 Å². The third-order valence-corrected chi connectivity index (χ3v) is 5.70. The van der Waals surface area contributed by atoms with Crippen molar-refractivity contribution in [1.82, 2.24) is 20.4 Å². The maximum absolute atomic E-state index is 12.1. The number of aryl methyl sites for hydroxylation is 2. The summed E-state index contributed by atoms with van der Waals surface area (Å²) in [7, 11) is 0. The molecule has 6 nitrogen and oxygen atoms in total. The molecule has 1 fully saturated rings. The van der Waals surface area contributed by atoms with Gasteiger partial charge >= 0.3 is 0 Å². The van der Waals surface area contributed by atoms with Crippen LogP contribution in [0.25, 0.3) is 0 Å². The van der Waals surface area contributed by atoms with E-state index in [0.29, 0.717) is 16.7 Å². The van der Waals surface area contributed by atoms with Crippen molar-refractivity contribution in [1.29, 1.82) is 0 Å². The Morgan fingerprint density at radius 2 is 2.09 bits per heavy atom. The number of aromatic nitrogens is 3. The van der Waals surface area contributed by atoms with Gasteiger partial charge in [0, 0.05) is 5.92 Å². The molecule has 0 bridgehead atoms. The number of hydrogen-bond donors (Lipinski definition) is 1. The molecule has 22 heavy (non-hydrogen) atoms. The minimum Gasteiger partial charge on any atom is -0.342 e. The highest BCUT2D eigenvalue weighted by atomic mass is 32.2. The van der Waals surface area contributed by atoms with Crippen molar-refractivity contribution in [3.63, 3.8) is 0 Å². The lowest BCUT2D eigenvalue weighted by Crippen LogP contribution is -2.22. The Balaban J connectivity index is 1.58. The zero-order chi connectivity index (χ0) is 15.5. The predicted molar refractivity (Wildman–Crippen MR) is 86.4 cm³/mol. The summed E-state index contributed by atoms with van der Waals surface area (Å²) in [6.45, 7) is 3.98. The summed E-state index contributed by atoms with van der Waals surface area (Å²) in [6, 6.07) is 0. The molecule has 1 aliphatic rings. The Morgan fingerprint density at radius 3 is 2.77 bits per heavy atom. The maximum Gasteiger partial charge on any atom is 0.263 e. The van der Waals surface area contributed by atoms with Gasteiger partial charge in [-0.2, -0.15) is 16.7 Å². The summed E-state index contributed by atoms with van der Waals surface area (Å²) in [5.41, 5.74) is 0.755. The van der Waals surface area contributed by atoms with E-state index in [1.807, 2.05) is 25.6 Å². The van der Waals surface area contributed by atoms with E-state index < -0.39 is 0 Å². The van der Waals surface area contributed by atoms with Crippen molar-refractivity contribution in [3.8, 4) is 0 Å². The van der Waals surface area contributed by atoms with E-state index in [2.05, 4.69) is 20.4 Å². The molecule has 0 atom stereocenters. The van der Waals surface area contributed by atoms with Crippen LogP contribution in [-0.4, -0.2) is 32.5 Å². The van der Waals surface area contributed by atoms with Gasteiger partial charge in [0.25, 0.3) is 5.91 Å². The number of carbonyl (C=O) groups is 1. The van der Waals surface area contributed by atoms with Gasteiger partial charge in [0.2, 0.25) is 5.89 Å². The molecule has 1 amide bonds. The molecular weight excluding hydrogens is 320 g/mol. The maximum atomic E-state index is 12.1. The van der Waals surface area contributed by atoms with E-state index in [9.17, 15) is 4.79 Å². The van der Waals surface area contributed by atoms with Gasteiger partial charge in [0.05, 0.1) is 17.2 Å². The summed E-state index contributed by atoms with van der Waals surface area (Å²) in [5, 5.41) is 7.76. The molecule has 8 heteroatoms. The van der Waals surface area contributed by atoms with Crippen molar-refractivity contribution < 1.29 is 9.32 Å². The molecule has 2 aromatic heterocycles. The average Bonchev–Trinajstić information content (AvgIpc) is 3.12. The van der Waals surface area contributed by atoms with Gasteiger partial charge in [-0.05, 0) is 38.2 Å². The number of carbonyl (C=O) groups excluding carboxylic acids is 1. The van der Waals surface area contributed by atoms with Crippen LogP contribution < -0.4 is 5.32 Å². The number of thiazole rings is 1. The number of hydrogen-bond acceptors (Lipinski definition) is 7. The van der Waals surface area contributed by atoms with Crippen LogP contribution in [0.2, 0.25) is 0 Å². The van der Waals surface area contributed by atoms with Crippen LogP contribution in [0.4, 0.5) is 0 Å². The van der Waals surface area contributed by atoms with Crippen LogP contribution in [0.3, 0.4) is 0 Å². The van der Waals surface area contributed by atoms with Gasteiger partial charge in [-0.1, -0.05) is 5.16 Å². The smallest absolute Gasteiger partial charge is 0.263 e. The highest BCUT2D eigenvalue weighted by molar-refractivity contribution is 7.99. The normalized spacial score (nSPS) is 15.9. The molecule has 0 radical (unpaired) electrons. The van der Waals surface area contributed by atoms with Crippen LogP contribution in [0.5, 0.6) is 0 Å². The zero-order valence-corrected chi connectivity index (χ0v) is 14.2. The van der Waals surface area contributed by atoms with Crippen LogP contribution in [0.15, 0.2) is 4.52 Å². The Morgan fingerprint density at radius 1 is 1.32 bits per heavy atom. The van der Waals surface area contributed by atoms with Crippen LogP contribution in [-0.2, 0) is 6.54 Å². The highest BCUT2D eigenvalue weighted by Gasteiger charge is 2.21. The minimum absolute atomic E-state index is 0.142. The molecule has 0 aromatic carbocycles. The van der Waals surface area contributed by atoms with E-state index in [1.54, 1.807) is 0 Å². The van der Waals surface area contributed by atoms with Gasteiger partial charge in [0.1, 0.15) is 4.88 Å². The molecule has 3 rings (SSSR count). The second kappa shape index (κ2) is 6.78. The molecule has 118 valence electrons. The largest absolute Gasteiger partial charge is 0.342 e. The second-order valence-corrected chi connectivity index (χ2v) is 7.69. The Kier molecular flexibility index (Phi) is 4.77. The van der Waals surface area contributed by atoms with E-state index in [4.69, 9.17) is 4.52 Å². The van der Waals surface area contributed by atoms with E-state index >= 15 is 0 Å². The van der Waals surface area contributed by atoms with Gasteiger partial charge in [-0.25, -0.2) is 4.98 Å². The lowest BCUT2D eigenvalue weighted by molar-refractivity contribution is 0.0949. The number of amides is 1. The fourth-order valence-electron chi connectivity index (χ4n) is 2.44. The molecular formula is C14H18N4O2S2. The monoisotopic (exact) mass is 338 g/mol. The molecule has 0 spiro atoms. The summed E-state index contributed by atoms with van der Waals surface area (Å²) in [4.78, 5) is 21.4. The van der Waals surface area contributed by atoms with Gasteiger partial charge in [-0.15, -0.1) is 11.3 Å². The first kappa shape index (κ1) is 15.5. The van der Waals surface area contributed by atoms with Crippen molar-refractivity contribution in [2.24, 2.45) is 0 Å². The quantitative estimate of drug-likeness (QED) is 0.923. The molecule has 1 N–H and O–H groups in total. The van der Waals surface area contributed by atoms with Gasteiger partial charge in [0.15, 0.2) is 5.82 Å². The van der Waals surface area contributed by atoms with Gasteiger partial charge < -0.3 is 9.84 Å². The number of nitrogens with zero attached hydrogens (tertiary/aromatic N) is 3. The summed E-state index contributed by atoms with van der Waals surface area (Å²) < 4.78 is 5.24. The fourth-order valence-corrected chi connectivity index (χ4v) is 4.38. The first-order chi connectivity index (χ1) is 10.6. The summed E-state index contributed by atoms with van der Waals surface area (Å²) >= 11 is 3.36. The predicted octanol–water partition coefficient (Wildman–Crippen LogP) is 2.68.